The molecule has 0 fully saturated rings. The maximum atomic E-state index is 12.1. The van der Waals surface area contributed by atoms with Gasteiger partial charge in [0.25, 0.3) is 0 Å². The Bertz CT molecular complexity index is 642. The van der Waals surface area contributed by atoms with Crippen LogP contribution in [0.5, 0.6) is 5.75 Å². The van der Waals surface area contributed by atoms with Gasteiger partial charge in [-0.05, 0) is 0 Å². The molecule has 106 valence electrons. The van der Waals surface area contributed by atoms with E-state index in [1.54, 1.807) is 24.3 Å². The Balaban J connectivity index is 1.92. The molecular weight excluding hydrogens is 329 g/mol. The second-order valence-corrected chi connectivity index (χ2v) is 6.33. The van der Waals surface area contributed by atoms with Crippen molar-refractivity contribution in [2.24, 2.45) is 0 Å². The second kappa shape index (κ2) is 7.64. The molecule has 2 aromatic carbocycles. The van der Waals surface area contributed by atoms with E-state index in [0.717, 1.165) is 16.6 Å². The Kier molecular flexibility index (Phi) is 5.57. The van der Waals surface area contributed by atoms with Crippen molar-refractivity contribution >= 4 is 19.6 Å². The van der Waals surface area contributed by atoms with Gasteiger partial charge in [-0.1, -0.05) is 0 Å². The molecule has 0 radical (unpaired) electrons. The molecule has 0 N–H and O–H groups in total. The summed E-state index contributed by atoms with van der Waals surface area (Å²) in [6.07, 6.45) is 0. The number of ether oxygens (including phenoxy) is 1. The minimum absolute atomic E-state index is 0.138. The fraction of sp³-hybridized carbons (Fsp3) is 0.176. The summed E-state index contributed by atoms with van der Waals surface area (Å²) in [5, 5.41) is 9.50. The van der Waals surface area contributed by atoms with Gasteiger partial charge in [-0.3, -0.25) is 0 Å². The first-order valence-electron chi connectivity index (χ1n) is 6.62. The summed E-state index contributed by atoms with van der Waals surface area (Å²) >= 11 is -0.138. The first kappa shape index (κ1) is 15.3. The second-order valence-electron chi connectivity index (χ2n) is 4.34. The Hall–Kier alpha value is -2.08. The molecule has 0 bridgehead atoms. The zero-order valence-corrected chi connectivity index (χ0v) is 13.4. The summed E-state index contributed by atoms with van der Waals surface area (Å²) in [6, 6.07) is 16.7. The van der Waals surface area contributed by atoms with Crippen molar-refractivity contribution < 1.29 is 9.53 Å². The molecule has 0 heterocycles. The van der Waals surface area contributed by atoms with Crippen LogP contribution in [0.4, 0.5) is 0 Å². The average Bonchev–Trinajstić information content (AvgIpc) is 2.54. The van der Waals surface area contributed by atoms with Crippen LogP contribution >= 0.6 is 0 Å². The molecule has 2 rings (SSSR count). The van der Waals surface area contributed by atoms with Gasteiger partial charge in [0, 0.05) is 0 Å². The Morgan fingerprint density at radius 3 is 2.38 bits per heavy atom. The van der Waals surface area contributed by atoms with E-state index in [2.05, 4.69) is 0 Å². The third-order valence-corrected chi connectivity index (χ3v) is 4.90. The molecule has 3 nitrogen and oxygen atoms in total. The topological polar surface area (TPSA) is 50.1 Å². The van der Waals surface area contributed by atoms with Gasteiger partial charge in [-0.2, -0.15) is 0 Å². The third kappa shape index (κ3) is 4.46. The minimum atomic E-state index is -0.138. The zero-order valence-electron chi connectivity index (χ0n) is 11.7. The van der Waals surface area contributed by atoms with Gasteiger partial charge in [0.15, 0.2) is 0 Å². The van der Waals surface area contributed by atoms with E-state index < -0.39 is 0 Å². The van der Waals surface area contributed by atoms with Crippen molar-refractivity contribution in [3.63, 3.8) is 0 Å². The van der Waals surface area contributed by atoms with E-state index in [0.29, 0.717) is 17.7 Å². The van der Waals surface area contributed by atoms with Crippen LogP contribution in [0.15, 0.2) is 48.5 Å². The molecule has 0 saturated carbocycles. The number of nitriles is 1. The molecule has 4 heteroatoms. The molecule has 0 unspecified atom stereocenters. The molecule has 0 saturated heterocycles. The van der Waals surface area contributed by atoms with Gasteiger partial charge in [0.05, 0.1) is 0 Å². The number of hydrogen-bond acceptors (Lipinski definition) is 3. The molecule has 0 aliphatic carbocycles. The van der Waals surface area contributed by atoms with Crippen molar-refractivity contribution in [2.75, 3.05) is 6.61 Å². The van der Waals surface area contributed by atoms with Crippen molar-refractivity contribution in [1.82, 2.24) is 0 Å². The van der Waals surface area contributed by atoms with Crippen LogP contribution in [-0.2, 0) is 5.32 Å². The first-order valence-corrected chi connectivity index (χ1v) is 8.68. The van der Waals surface area contributed by atoms with Gasteiger partial charge < -0.3 is 0 Å². The number of carbonyl (C=O) groups excluding carboxylic acids is 1. The summed E-state index contributed by atoms with van der Waals surface area (Å²) in [5.41, 5.74) is 2.39. The van der Waals surface area contributed by atoms with Crippen molar-refractivity contribution in [3.05, 3.63) is 65.2 Å². The molecule has 0 atom stereocenters. The fourth-order valence-electron chi connectivity index (χ4n) is 1.76. The molecule has 2 aromatic rings. The Morgan fingerprint density at radius 2 is 1.81 bits per heavy atom. The van der Waals surface area contributed by atoms with Crippen LogP contribution in [-0.4, -0.2) is 26.2 Å². The van der Waals surface area contributed by atoms with Gasteiger partial charge in [-0.25, -0.2) is 0 Å². The molecule has 0 aliphatic heterocycles. The van der Waals surface area contributed by atoms with E-state index >= 15 is 0 Å². The van der Waals surface area contributed by atoms with Crippen LogP contribution in [0.3, 0.4) is 0 Å². The van der Waals surface area contributed by atoms with Gasteiger partial charge in [-0.15, -0.1) is 0 Å². The van der Waals surface area contributed by atoms with Crippen LogP contribution < -0.4 is 4.74 Å². The van der Waals surface area contributed by atoms with E-state index in [1.807, 2.05) is 37.3 Å². The van der Waals surface area contributed by atoms with Gasteiger partial charge in [0.2, 0.25) is 0 Å². The summed E-state index contributed by atoms with van der Waals surface area (Å²) in [4.78, 5) is 12.1. The molecule has 0 amide bonds. The molecular formula is C17H15NO2Se. The van der Waals surface area contributed by atoms with Gasteiger partial charge in [0.1, 0.15) is 0 Å². The fourth-order valence-corrected chi connectivity index (χ4v) is 3.43. The molecule has 21 heavy (non-hydrogen) atoms. The van der Waals surface area contributed by atoms with E-state index in [1.165, 1.54) is 0 Å². The monoisotopic (exact) mass is 345 g/mol. The van der Waals surface area contributed by atoms with Crippen LogP contribution in [0, 0.1) is 11.3 Å². The Labute approximate surface area is 130 Å². The summed E-state index contributed by atoms with van der Waals surface area (Å²) in [7, 11) is 0. The van der Waals surface area contributed by atoms with Crippen LogP contribution in [0.25, 0.3) is 0 Å². The summed E-state index contributed by atoms with van der Waals surface area (Å²) in [5.74, 6) is 0.854. The zero-order chi connectivity index (χ0) is 15.1. The van der Waals surface area contributed by atoms with Crippen LogP contribution in [0.1, 0.15) is 28.4 Å². The quantitative estimate of drug-likeness (QED) is 0.757. The molecule has 0 spiro atoms. The average molecular weight is 344 g/mol. The SMILES string of the molecule is CCOc1ccc(C[Se]C(=O)c2ccc(C#N)cc2)cc1. The van der Waals surface area contributed by atoms with E-state index in [4.69, 9.17) is 10.00 Å². The number of hydrogen-bond donors (Lipinski definition) is 0. The van der Waals surface area contributed by atoms with Crippen molar-refractivity contribution in [2.45, 2.75) is 12.2 Å². The number of rotatable bonds is 6. The summed E-state index contributed by atoms with van der Waals surface area (Å²) in [6.45, 7) is 2.60. The number of benzene rings is 2. The van der Waals surface area contributed by atoms with Crippen molar-refractivity contribution in [3.8, 4) is 11.8 Å². The van der Waals surface area contributed by atoms with Gasteiger partial charge >= 0.3 is 130 Å². The predicted octanol–water partition coefficient (Wildman–Crippen LogP) is 3.00. The van der Waals surface area contributed by atoms with E-state index in [9.17, 15) is 4.79 Å². The number of carbonyl (C=O) groups is 1. The molecule has 0 aromatic heterocycles. The normalized spacial score (nSPS) is 9.90. The predicted molar refractivity (Wildman–Crippen MR) is 82.6 cm³/mol. The van der Waals surface area contributed by atoms with Crippen molar-refractivity contribution in [1.29, 1.82) is 5.26 Å². The molecule has 0 aliphatic rings. The Morgan fingerprint density at radius 1 is 1.14 bits per heavy atom. The number of nitrogens with zero attached hydrogens (tertiary/aromatic N) is 1. The standard InChI is InChI=1S/C17H15NO2Se/c1-2-20-16-9-5-14(6-10-16)12-21-17(19)15-7-3-13(11-18)4-8-15/h3-10H,2,12H2,1H3. The third-order valence-electron chi connectivity index (χ3n) is 2.85. The first-order chi connectivity index (χ1) is 10.2. The maximum absolute atomic E-state index is 12.1. The summed E-state index contributed by atoms with van der Waals surface area (Å²) < 4.78 is 5.54. The van der Waals surface area contributed by atoms with E-state index in [-0.39, 0.29) is 19.6 Å². The van der Waals surface area contributed by atoms with Crippen LogP contribution in [0.2, 0.25) is 0 Å².